The molecule has 0 aliphatic heterocycles. The summed E-state index contributed by atoms with van der Waals surface area (Å²) in [6.07, 6.45) is 1.71. The van der Waals surface area contributed by atoms with Gasteiger partial charge in [-0.15, -0.1) is 0 Å². The van der Waals surface area contributed by atoms with E-state index in [2.05, 4.69) is 22.2 Å². The maximum atomic E-state index is 5.07. The van der Waals surface area contributed by atoms with Crippen LogP contribution in [-0.4, -0.2) is 44.3 Å². The summed E-state index contributed by atoms with van der Waals surface area (Å²) in [6.45, 7) is 4.08. The second kappa shape index (κ2) is 6.27. The molecule has 90 valence electrons. The molecular weight excluding hydrogens is 204 g/mol. The number of hydrogen-bond acceptors (Lipinski definition) is 5. The molecule has 1 N–H and O–H groups in total. The zero-order valence-electron chi connectivity index (χ0n) is 10.4. The first-order chi connectivity index (χ1) is 7.67. The molecule has 0 bridgehead atoms. The van der Waals surface area contributed by atoms with Gasteiger partial charge in [-0.3, -0.25) is 0 Å². The molecule has 0 amide bonds. The molecule has 1 aromatic rings. The number of rotatable bonds is 6. The number of hydrogen-bond donors (Lipinski definition) is 1. The van der Waals surface area contributed by atoms with Gasteiger partial charge in [0.05, 0.1) is 7.11 Å². The monoisotopic (exact) mass is 224 g/mol. The van der Waals surface area contributed by atoms with Crippen LogP contribution in [0.1, 0.15) is 6.92 Å². The Balaban J connectivity index is 2.61. The highest BCUT2D eigenvalue weighted by molar-refractivity contribution is 5.30. The molecule has 0 aliphatic carbocycles. The van der Waals surface area contributed by atoms with Gasteiger partial charge in [-0.2, -0.15) is 4.98 Å². The highest BCUT2D eigenvalue weighted by Gasteiger charge is 2.09. The van der Waals surface area contributed by atoms with Crippen LogP contribution < -0.4 is 15.0 Å². The minimum absolute atomic E-state index is 0.546. The highest BCUT2D eigenvalue weighted by atomic mass is 16.5. The van der Waals surface area contributed by atoms with Gasteiger partial charge in [0.15, 0.2) is 0 Å². The molecule has 1 unspecified atom stereocenters. The van der Waals surface area contributed by atoms with Crippen LogP contribution in [0, 0.1) is 5.92 Å². The Morgan fingerprint density at radius 1 is 1.56 bits per heavy atom. The predicted molar refractivity (Wildman–Crippen MR) is 64.9 cm³/mol. The van der Waals surface area contributed by atoms with Gasteiger partial charge in [-0.25, -0.2) is 4.98 Å². The topological polar surface area (TPSA) is 50.3 Å². The van der Waals surface area contributed by atoms with Crippen molar-refractivity contribution in [2.24, 2.45) is 5.92 Å². The maximum absolute atomic E-state index is 5.07. The van der Waals surface area contributed by atoms with Crippen molar-refractivity contribution >= 4 is 5.95 Å². The molecule has 5 nitrogen and oxygen atoms in total. The van der Waals surface area contributed by atoms with Crippen molar-refractivity contribution in [3.63, 3.8) is 0 Å². The number of methoxy groups -OCH3 is 1. The predicted octanol–water partition coefficient (Wildman–Crippen LogP) is 0.777. The molecule has 1 aromatic heterocycles. The van der Waals surface area contributed by atoms with E-state index in [-0.39, 0.29) is 0 Å². The lowest BCUT2D eigenvalue weighted by Gasteiger charge is -2.21. The Bertz CT molecular complexity index is 319. The summed E-state index contributed by atoms with van der Waals surface area (Å²) in [4.78, 5) is 10.5. The van der Waals surface area contributed by atoms with Crippen molar-refractivity contribution in [3.8, 4) is 5.88 Å². The summed E-state index contributed by atoms with van der Waals surface area (Å²) in [6, 6.07) is 1.74. The van der Waals surface area contributed by atoms with Crippen molar-refractivity contribution in [1.82, 2.24) is 15.3 Å². The second-order valence-electron chi connectivity index (χ2n) is 3.94. The van der Waals surface area contributed by atoms with Crippen LogP contribution in [0.5, 0.6) is 5.88 Å². The van der Waals surface area contributed by atoms with Gasteiger partial charge in [0.25, 0.3) is 0 Å². The standard InChI is InChI=1S/C11H20N4O/c1-9(7-12-2)8-15(3)11-13-6-5-10(14-11)16-4/h5-6,9,12H,7-8H2,1-4H3. The van der Waals surface area contributed by atoms with E-state index in [4.69, 9.17) is 4.74 Å². The fourth-order valence-electron chi connectivity index (χ4n) is 1.59. The minimum atomic E-state index is 0.546. The smallest absolute Gasteiger partial charge is 0.228 e. The van der Waals surface area contributed by atoms with Crippen molar-refractivity contribution in [2.75, 3.05) is 39.2 Å². The highest BCUT2D eigenvalue weighted by Crippen LogP contribution is 2.11. The third kappa shape index (κ3) is 3.66. The largest absolute Gasteiger partial charge is 0.481 e. The van der Waals surface area contributed by atoms with Crippen LogP contribution in [-0.2, 0) is 0 Å². The molecule has 1 atom stereocenters. The summed E-state index contributed by atoms with van der Waals surface area (Å²) < 4.78 is 5.07. The van der Waals surface area contributed by atoms with Crippen molar-refractivity contribution < 1.29 is 4.74 Å². The van der Waals surface area contributed by atoms with E-state index in [0.29, 0.717) is 17.7 Å². The van der Waals surface area contributed by atoms with E-state index < -0.39 is 0 Å². The van der Waals surface area contributed by atoms with E-state index in [9.17, 15) is 0 Å². The third-order valence-corrected chi connectivity index (χ3v) is 2.31. The minimum Gasteiger partial charge on any atom is -0.481 e. The van der Waals surface area contributed by atoms with Gasteiger partial charge in [0.2, 0.25) is 11.8 Å². The van der Waals surface area contributed by atoms with Crippen LogP contribution >= 0.6 is 0 Å². The molecule has 0 aromatic carbocycles. The van der Waals surface area contributed by atoms with Gasteiger partial charge in [0, 0.05) is 25.9 Å². The molecule has 16 heavy (non-hydrogen) atoms. The van der Waals surface area contributed by atoms with Crippen molar-refractivity contribution in [3.05, 3.63) is 12.3 Å². The SMILES string of the molecule is CNCC(C)CN(C)c1nccc(OC)n1. The first-order valence-electron chi connectivity index (χ1n) is 5.40. The summed E-state index contributed by atoms with van der Waals surface area (Å²) in [5.41, 5.74) is 0. The van der Waals surface area contributed by atoms with E-state index in [0.717, 1.165) is 13.1 Å². The summed E-state index contributed by atoms with van der Waals surface area (Å²) in [5, 5.41) is 3.15. The van der Waals surface area contributed by atoms with Crippen molar-refractivity contribution in [1.29, 1.82) is 0 Å². The van der Waals surface area contributed by atoms with Crippen LogP contribution in [0.4, 0.5) is 5.95 Å². The zero-order chi connectivity index (χ0) is 12.0. The van der Waals surface area contributed by atoms with Crippen molar-refractivity contribution in [2.45, 2.75) is 6.92 Å². The Morgan fingerprint density at radius 2 is 2.31 bits per heavy atom. The normalized spacial score (nSPS) is 12.2. The van der Waals surface area contributed by atoms with Gasteiger partial charge < -0.3 is 15.0 Å². The van der Waals surface area contributed by atoms with Crippen LogP contribution in [0.2, 0.25) is 0 Å². The fraction of sp³-hybridized carbons (Fsp3) is 0.636. The van der Waals surface area contributed by atoms with Gasteiger partial charge in [-0.1, -0.05) is 6.92 Å². The Morgan fingerprint density at radius 3 is 2.94 bits per heavy atom. The molecule has 0 aliphatic rings. The van der Waals surface area contributed by atoms with Gasteiger partial charge in [-0.05, 0) is 19.5 Å². The lowest BCUT2D eigenvalue weighted by atomic mass is 10.2. The third-order valence-electron chi connectivity index (χ3n) is 2.31. The second-order valence-corrected chi connectivity index (χ2v) is 3.94. The lowest BCUT2D eigenvalue weighted by molar-refractivity contribution is 0.396. The number of ether oxygens (including phenoxy) is 1. The van der Waals surface area contributed by atoms with Gasteiger partial charge in [0.1, 0.15) is 0 Å². The quantitative estimate of drug-likeness (QED) is 0.773. The molecule has 1 rings (SSSR count). The molecule has 1 heterocycles. The maximum Gasteiger partial charge on any atom is 0.228 e. The van der Waals surface area contributed by atoms with E-state index in [1.807, 2.05) is 19.0 Å². The molecule has 0 saturated carbocycles. The van der Waals surface area contributed by atoms with Crippen LogP contribution in [0.25, 0.3) is 0 Å². The molecule has 0 radical (unpaired) electrons. The fourth-order valence-corrected chi connectivity index (χ4v) is 1.59. The number of nitrogens with one attached hydrogen (secondary N) is 1. The zero-order valence-corrected chi connectivity index (χ0v) is 10.4. The summed E-state index contributed by atoms with van der Waals surface area (Å²) in [7, 11) is 5.55. The molecular formula is C11H20N4O. The van der Waals surface area contributed by atoms with E-state index in [1.165, 1.54) is 0 Å². The molecule has 0 fully saturated rings. The van der Waals surface area contributed by atoms with Crippen LogP contribution in [0.15, 0.2) is 12.3 Å². The van der Waals surface area contributed by atoms with E-state index >= 15 is 0 Å². The van der Waals surface area contributed by atoms with Crippen LogP contribution in [0.3, 0.4) is 0 Å². The number of nitrogens with zero attached hydrogens (tertiary/aromatic N) is 3. The average molecular weight is 224 g/mol. The summed E-state index contributed by atoms with van der Waals surface area (Å²) >= 11 is 0. The average Bonchev–Trinajstić information content (AvgIpc) is 2.29. The molecule has 0 spiro atoms. The Labute approximate surface area is 96.8 Å². The van der Waals surface area contributed by atoms with E-state index in [1.54, 1.807) is 19.4 Å². The summed E-state index contributed by atoms with van der Waals surface area (Å²) in [5.74, 6) is 1.84. The Hall–Kier alpha value is -1.36. The lowest BCUT2D eigenvalue weighted by Crippen LogP contribution is -2.30. The Kier molecular flexibility index (Phi) is 4.98. The number of aromatic nitrogens is 2. The molecule has 5 heteroatoms. The first-order valence-corrected chi connectivity index (χ1v) is 5.40. The van der Waals surface area contributed by atoms with Gasteiger partial charge >= 0.3 is 0 Å². The first kappa shape index (κ1) is 12.7. The number of anilines is 1. The molecule has 0 saturated heterocycles.